The van der Waals surface area contributed by atoms with Crippen molar-refractivity contribution in [2.75, 3.05) is 6.61 Å². The molecule has 3 aromatic carbocycles. The van der Waals surface area contributed by atoms with Crippen LogP contribution in [0.1, 0.15) is 31.1 Å². The van der Waals surface area contributed by atoms with Crippen LogP contribution in [0.15, 0.2) is 91.0 Å². The summed E-state index contributed by atoms with van der Waals surface area (Å²) in [6.07, 6.45) is -4.12. The van der Waals surface area contributed by atoms with E-state index in [0.29, 0.717) is 0 Å². The minimum absolute atomic E-state index is 0.00319. The molecule has 3 aromatic rings. The van der Waals surface area contributed by atoms with Crippen molar-refractivity contribution >= 4 is 17.5 Å². The average molecular weight is 462 g/mol. The number of ether oxygens (including phenoxy) is 2. The van der Waals surface area contributed by atoms with Gasteiger partial charge in [0.1, 0.15) is 12.7 Å². The summed E-state index contributed by atoms with van der Waals surface area (Å²) in [5, 5.41) is 33.5. The van der Waals surface area contributed by atoms with Crippen LogP contribution in [0, 0.1) is 0 Å². The molecule has 174 valence electrons. The lowest BCUT2D eigenvalue weighted by atomic mass is 9.81. The van der Waals surface area contributed by atoms with Crippen molar-refractivity contribution < 1.29 is 39.2 Å². The second kappa shape index (κ2) is 9.28. The quantitative estimate of drug-likeness (QED) is 0.358. The van der Waals surface area contributed by atoms with Crippen molar-refractivity contribution in [2.45, 2.75) is 23.6 Å². The number of aliphatic hydroxyl groups excluding tert-OH is 1. The SMILES string of the molecule is O=C(OC[C@H]1O[C@](O)(C(=O)c2ccccc2)[C@H](O)[C@@]1(O)C(=O)c1ccccc1)c1ccccc1. The Morgan fingerprint density at radius 1 is 0.735 bits per heavy atom. The second-order valence-electron chi connectivity index (χ2n) is 7.89. The summed E-state index contributed by atoms with van der Waals surface area (Å²) in [5.74, 6) is -5.81. The third kappa shape index (κ3) is 4.04. The van der Waals surface area contributed by atoms with Gasteiger partial charge in [0.2, 0.25) is 5.78 Å². The van der Waals surface area contributed by atoms with Gasteiger partial charge in [0.05, 0.1) is 5.56 Å². The van der Waals surface area contributed by atoms with Gasteiger partial charge in [-0.05, 0) is 12.1 Å². The summed E-state index contributed by atoms with van der Waals surface area (Å²) in [7, 11) is 0. The molecule has 0 aliphatic carbocycles. The number of carbonyl (C=O) groups is 3. The van der Waals surface area contributed by atoms with Gasteiger partial charge in [-0.3, -0.25) is 9.59 Å². The van der Waals surface area contributed by atoms with E-state index in [9.17, 15) is 29.7 Å². The molecule has 0 aromatic heterocycles. The Kier molecular flexibility index (Phi) is 6.41. The van der Waals surface area contributed by atoms with Crippen LogP contribution in [0.25, 0.3) is 0 Å². The van der Waals surface area contributed by atoms with Crippen LogP contribution in [-0.4, -0.2) is 63.1 Å². The molecule has 4 rings (SSSR count). The number of benzene rings is 3. The molecule has 8 nitrogen and oxygen atoms in total. The molecular weight excluding hydrogens is 440 g/mol. The number of carbonyl (C=O) groups excluding carboxylic acids is 3. The highest BCUT2D eigenvalue weighted by Crippen LogP contribution is 2.41. The van der Waals surface area contributed by atoms with Crippen LogP contribution in [-0.2, 0) is 9.47 Å². The number of esters is 1. The Morgan fingerprint density at radius 3 is 1.68 bits per heavy atom. The molecule has 1 aliphatic heterocycles. The second-order valence-corrected chi connectivity index (χ2v) is 7.89. The van der Waals surface area contributed by atoms with Crippen molar-refractivity contribution in [2.24, 2.45) is 0 Å². The zero-order chi connectivity index (χ0) is 24.3. The van der Waals surface area contributed by atoms with E-state index in [-0.39, 0.29) is 16.7 Å². The lowest BCUT2D eigenvalue weighted by Crippen LogP contribution is -2.59. The molecule has 0 unspecified atom stereocenters. The fourth-order valence-corrected chi connectivity index (χ4v) is 3.88. The molecule has 0 saturated carbocycles. The summed E-state index contributed by atoms with van der Waals surface area (Å²) >= 11 is 0. The van der Waals surface area contributed by atoms with E-state index in [0.717, 1.165) is 0 Å². The van der Waals surface area contributed by atoms with Crippen LogP contribution < -0.4 is 0 Å². The van der Waals surface area contributed by atoms with E-state index in [1.807, 2.05) is 0 Å². The molecule has 34 heavy (non-hydrogen) atoms. The maximum atomic E-state index is 13.3. The van der Waals surface area contributed by atoms with Gasteiger partial charge in [-0.15, -0.1) is 0 Å². The molecule has 3 N–H and O–H groups in total. The first kappa shape index (κ1) is 23.5. The summed E-state index contributed by atoms with van der Waals surface area (Å²) in [6.45, 7) is -0.718. The Morgan fingerprint density at radius 2 is 1.18 bits per heavy atom. The Balaban J connectivity index is 1.68. The third-order valence-corrected chi connectivity index (χ3v) is 5.74. The van der Waals surface area contributed by atoms with Crippen LogP contribution in [0.2, 0.25) is 0 Å². The fourth-order valence-electron chi connectivity index (χ4n) is 3.88. The van der Waals surface area contributed by atoms with E-state index in [2.05, 4.69) is 0 Å². The van der Waals surface area contributed by atoms with Gasteiger partial charge >= 0.3 is 5.97 Å². The molecule has 8 heteroatoms. The lowest BCUT2D eigenvalue weighted by molar-refractivity contribution is -0.194. The van der Waals surface area contributed by atoms with Crippen LogP contribution in [0.4, 0.5) is 0 Å². The van der Waals surface area contributed by atoms with Gasteiger partial charge in [0.15, 0.2) is 17.5 Å². The van der Waals surface area contributed by atoms with E-state index < -0.39 is 47.7 Å². The maximum absolute atomic E-state index is 13.3. The highest BCUT2D eigenvalue weighted by atomic mass is 16.7. The molecule has 1 fully saturated rings. The van der Waals surface area contributed by atoms with Gasteiger partial charge in [0.25, 0.3) is 5.79 Å². The molecule has 1 heterocycles. The first-order chi connectivity index (χ1) is 16.3. The van der Waals surface area contributed by atoms with Gasteiger partial charge < -0.3 is 24.8 Å². The number of hydrogen-bond acceptors (Lipinski definition) is 8. The summed E-state index contributed by atoms with van der Waals surface area (Å²) < 4.78 is 10.6. The van der Waals surface area contributed by atoms with E-state index in [4.69, 9.17) is 9.47 Å². The maximum Gasteiger partial charge on any atom is 0.338 e. The predicted molar refractivity (Wildman–Crippen MR) is 119 cm³/mol. The molecule has 1 saturated heterocycles. The lowest BCUT2D eigenvalue weighted by Gasteiger charge is -2.30. The number of aliphatic hydroxyl groups is 3. The van der Waals surface area contributed by atoms with Gasteiger partial charge in [0, 0.05) is 11.1 Å². The van der Waals surface area contributed by atoms with E-state index in [1.54, 1.807) is 54.6 Å². The molecule has 0 spiro atoms. The van der Waals surface area contributed by atoms with E-state index in [1.165, 1.54) is 36.4 Å². The standard InChI is InChI=1S/C26H22O8/c27-21(17-10-4-1-5-11-17)25(31)20(16-33-23(29)19-14-8-3-9-15-19)34-26(32,24(25)30)22(28)18-12-6-2-7-13-18/h1-15,20,24,30-32H,16H2/t20-,24-,25+,26-/m1/s1. The monoisotopic (exact) mass is 462 g/mol. The normalized spacial score (nSPS) is 26.1. The first-order valence-corrected chi connectivity index (χ1v) is 10.5. The summed E-state index contributed by atoms with van der Waals surface area (Å²) in [6, 6.07) is 23.0. The Bertz CT molecular complexity index is 1180. The van der Waals surface area contributed by atoms with Crippen LogP contribution >= 0.6 is 0 Å². The molecule has 1 aliphatic rings. The first-order valence-electron chi connectivity index (χ1n) is 10.5. The minimum atomic E-state index is -2.97. The fraction of sp³-hybridized carbons (Fsp3) is 0.192. The average Bonchev–Trinajstić information content (AvgIpc) is 3.10. The topological polar surface area (TPSA) is 130 Å². The molecule has 0 amide bonds. The Hall–Kier alpha value is -3.69. The van der Waals surface area contributed by atoms with Gasteiger partial charge in [-0.25, -0.2) is 4.79 Å². The minimum Gasteiger partial charge on any atom is -0.459 e. The number of ketones is 2. The van der Waals surface area contributed by atoms with Crippen molar-refractivity contribution in [3.63, 3.8) is 0 Å². The molecule has 0 bridgehead atoms. The molecular formula is C26H22O8. The molecule has 0 radical (unpaired) electrons. The van der Waals surface area contributed by atoms with Crippen LogP contribution in [0.5, 0.6) is 0 Å². The zero-order valence-electron chi connectivity index (χ0n) is 17.9. The smallest absolute Gasteiger partial charge is 0.338 e. The number of Topliss-reactive ketones (excluding diaryl/α,β-unsaturated/α-hetero) is 2. The number of rotatable bonds is 7. The summed E-state index contributed by atoms with van der Waals surface area (Å²) in [4.78, 5) is 38.8. The third-order valence-electron chi connectivity index (χ3n) is 5.74. The van der Waals surface area contributed by atoms with Crippen molar-refractivity contribution in [3.8, 4) is 0 Å². The number of hydrogen-bond donors (Lipinski definition) is 3. The highest BCUT2D eigenvalue weighted by molar-refractivity contribution is 6.07. The van der Waals surface area contributed by atoms with Gasteiger partial charge in [-0.1, -0.05) is 78.9 Å². The van der Waals surface area contributed by atoms with Crippen molar-refractivity contribution in [1.29, 1.82) is 0 Å². The van der Waals surface area contributed by atoms with Crippen LogP contribution in [0.3, 0.4) is 0 Å². The predicted octanol–water partition coefficient (Wildman–Crippen LogP) is 1.79. The zero-order valence-corrected chi connectivity index (χ0v) is 17.9. The van der Waals surface area contributed by atoms with E-state index >= 15 is 0 Å². The summed E-state index contributed by atoms with van der Waals surface area (Å²) in [5.41, 5.74) is -2.60. The highest BCUT2D eigenvalue weighted by Gasteiger charge is 2.69. The van der Waals surface area contributed by atoms with Crippen molar-refractivity contribution in [1.82, 2.24) is 0 Å². The van der Waals surface area contributed by atoms with Crippen molar-refractivity contribution in [3.05, 3.63) is 108 Å². The van der Waals surface area contributed by atoms with Gasteiger partial charge in [-0.2, -0.15) is 0 Å². The molecule has 4 atom stereocenters. The largest absolute Gasteiger partial charge is 0.459 e. The Labute approximate surface area is 195 Å².